The molecule has 1 aromatic carbocycles. The third-order valence-electron chi connectivity index (χ3n) is 5.11. The maximum Gasteiger partial charge on any atom is 0.209 e. The number of ether oxygens (including phenoxy) is 1. The van der Waals surface area contributed by atoms with Crippen molar-refractivity contribution in [1.82, 2.24) is 25.1 Å². The molecule has 1 aliphatic carbocycles. The molecule has 2 aliphatic rings. The highest BCUT2D eigenvalue weighted by Gasteiger charge is 2.25. The fraction of sp³-hybridized carbons (Fsp3) is 0.611. The maximum atomic E-state index is 6.30. The Morgan fingerprint density at radius 2 is 2.08 bits per heavy atom. The molecular weight excluding hydrogens is 370 g/mol. The summed E-state index contributed by atoms with van der Waals surface area (Å²) in [4.78, 5) is 2.41. The fourth-order valence-electron chi connectivity index (χ4n) is 3.72. The van der Waals surface area contributed by atoms with Crippen LogP contribution in [0.3, 0.4) is 0 Å². The van der Waals surface area contributed by atoms with E-state index >= 15 is 0 Å². The molecular formula is C18H24ClN5OS. The van der Waals surface area contributed by atoms with Crippen molar-refractivity contribution >= 4 is 23.4 Å². The van der Waals surface area contributed by atoms with Crippen molar-refractivity contribution in [2.45, 2.75) is 49.5 Å². The first kappa shape index (κ1) is 18.2. The number of hydrogen-bond donors (Lipinski definition) is 0. The van der Waals surface area contributed by atoms with Crippen molar-refractivity contribution in [1.29, 1.82) is 0 Å². The van der Waals surface area contributed by atoms with Crippen LogP contribution in [0.2, 0.25) is 5.02 Å². The second-order valence-corrected chi connectivity index (χ2v) is 8.37. The number of tetrazole rings is 1. The highest BCUT2D eigenvalue weighted by Crippen LogP contribution is 2.31. The molecule has 2 fully saturated rings. The van der Waals surface area contributed by atoms with E-state index in [1.54, 1.807) is 11.8 Å². The van der Waals surface area contributed by atoms with Gasteiger partial charge in [-0.1, -0.05) is 54.4 Å². The van der Waals surface area contributed by atoms with Gasteiger partial charge in [0.2, 0.25) is 5.16 Å². The standard InChI is InChI=1S/C18H24ClN5OS/c19-17-8-4-1-5-14(17)11-23-9-10-25-16(12-23)13-26-18-20-21-22-24(18)15-6-2-3-7-15/h1,4-5,8,15-16H,2-3,6-7,9-13H2. The summed E-state index contributed by atoms with van der Waals surface area (Å²) in [5.41, 5.74) is 1.17. The van der Waals surface area contributed by atoms with E-state index in [1.165, 1.54) is 31.2 Å². The minimum atomic E-state index is 0.185. The van der Waals surface area contributed by atoms with Crippen molar-refractivity contribution in [2.75, 3.05) is 25.4 Å². The number of aromatic nitrogens is 4. The summed E-state index contributed by atoms with van der Waals surface area (Å²) < 4.78 is 7.98. The first-order valence-electron chi connectivity index (χ1n) is 9.27. The van der Waals surface area contributed by atoms with Crippen molar-refractivity contribution < 1.29 is 4.74 Å². The lowest BCUT2D eigenvalue weighted by molar-refractivity contribution is -0.0187. The zero-order valence-corrected chi connectivity index (χ0v) is 16.3. The highest BCUT2D eigenvalue weighted by molar-refractivity contribution is 7.99. The number of morpholine rings is 1. The van der Waals surface area contributed by atoms with Gasteiger partial charge in [0.25, 0.3) is 0 Å². The van der Waals surface area contributed by atoms with Crippen molar-refractivity contribution in [3.8, 4) is 0 Å². The summed E-state index contributed by atoms with van der Waals surface area (Å²) in [6.45, 7) is 3.46. The van der Waals surface area contributed by atoms with Gasteiger partial charge in [0, 0.05) is 30.4 Å². The quantitative estimate of drug-likeness (QED) is 0.701. The van der Waals surface area contributed by atoms with Crippen LogP contribution in [-0.2, 0) is 11.3 Å². The minimum absolute atomic E-state index is 0.185. The second-order valence-electron chi connectivity index (χ2n) is 6.97. The summed E-state index contributed by atoms with van der Waals surface area (Å²) >= 11 is 8.01. The van der Waals surface area contributed by atoms with Crippen LogP contribution in [0.25, 0.3) is 0 Å². The molecule has 0 amide bonds. The number of thioether (sulfide) groups is 1. The Labute approximate surface area is 163 Å². The zero-order chi connectivity index (χ0) is 17.8. The van der Waals surface area contributed by atoms with Gasteiger partial charge in [-0.3, -0.25) is 4.90 Å². The third-order valence-corrected chi connectivity index (χ3v) is 6.54. The Morgan fingerprint density at radius 1 is 1.23 bits per heavy atom. The van der Waals surface area contributed by atoms with Crippen LogP contribution in [0, 0.1) is 0 Å². The molecule has 1 aromatic heterocycles. The van der Waals surface area contributed by atoms with Crippen LogP contribution < -0.4 is 0 Å². The molecule has 1 aliphatic heterocycles. The molecule has 0 radical (unpaired) electrons. The summed E-state index contributed by atoms with van der Waals surface area (Å²) in [5, 5.41) is 14.1. The predicted octanol–water partition coefficient (Wildman–Crippen LogP) is 3.43. The lowest BCUT2D eigenvalue weighted by atomic mass is 10.2. The average Bonchev–Trinajstić information content (AvgIpc) is 3.33. The molecule has 1 unspecified atom stereocenters. The summed E-state index contributed by atoms with van der Waals surface area (Å²) in [6, 6.07) is 8.53. The number of rotatable bonds is 6. The lowest BCUT2D eigenvalue weighted by Crippen LogP contribution is -2.43. The van der Waals surface area contributed by atoms with Crippen LogP contribution in [-0.4, -0.2) is 56.7 Å². The normalized spacial score (nSPS) is 22.1. The van der Waals surface area contributed by atoms with Crippen LogP contribution >= 0.6 is 23.4 Å². The number of hydrogen-bond acceptors (Lipinski definition) is 6. The van der Waals surface area contributed by atoms with E-state index in [-0.39, 0.29) is 6.10 Å². The van der Waals surface area contributed by atoms with E-state index in [1.807, 2.05) is 22.9 Å². The van der Waals surface area contributed by atoms with E-state index in [0.717, 1.165) is 42.2 Å². The van der Waals surface area contributed by atoms with E-state index in [2.05, 4.69) is 26.5 Å². The molecule has 0 N–H and O–H groups in total. The Balaban J connectivity index is 1.31. The van der Waals surface area contributed by atoms with Crippen LogP contribution in [0.1, 0.15) is 37.3 Å². The molecule has 26 heavy (non-hydrogen) atoms. The Bertz CT molecular complexity index is 721. The Morgan fingerprint density at radius 3 is 2.92 bits per heavy atom. The molecule has 2 aromatic rings. The molecule has 140 valence electrons. The molecule has 0 bridgehead atoms. The molecule has 1 atom stereocenters. The van der Waals surface area contributed by atoms with E-state index in [4.69, 9.17) is 16.3 Å². The highest BCUT2D eigenvalue weighted by atomic mass is 35.5. The second kappa shape index (κ2) is 8.69. The van der Waals surface area contributed by atoms with Gasteiger partial charge in [0.15, 0.2) is 0 Å². The first-order chi connectivity index (χ1) is 12.8. The maximum absolute atomic E-state index is 6.30. The van der Waals surface area contributed by atoms with Gasteiger partial charge in [-0.15, -0.1) is 5.10 Å². The predicted molar refractivity (Wildman–Crippen MR) is 103 cm³/mol. The third kappa shape index (κ3) is 4.39. The molecule has 8 heteroatoms. The SMILES string of the molecule is Clc1ccccc1CN1CCOC(CSc2nnnn2C2CCCC2)C1. The molecule has 4 rings (SSSR count). The number of benzene rings is 1. The lowest BCUT2D eigenvalue weighted by Gasteiger charge is -2.32. The molecule has 2 heterocycles. The first-order valence-corrected chi connectivity index (χ1v) is 10.6. The van der Waals surface area contributed by atoms with Gasteiger partial charge in [-0.25, -0.2) is 4.68 Å². The van der Waals surface area contributed by atoms with Gasteiger partial charge in [-0.05, 0) is 34.9 Å². The minimum Gasteiger partial charge on any atom is -0.375 e. The largest absolute Gasteiger partial charge is 0.375 e. The van der Waals surface area contributed by atoms with Gasteiger partial charge >= 0.3 is 0 Å². The molecule has 0 spiro atoms. The molecule has 1 saturated heterocycles. The summed E-state index contributed by atoms with van der Waals surface area (Å²) in [6.07, 6.45) is 5.10. The van der Waals surface area contributed by atoms with Gasteiger partial charge in [0.1, 0.15) is 0 Å². The van der Waals surface area contributed by atoms with E-state index in [9.17, 15) is 0 Å². The molecule has 6 nitrogen and oxygen atoms in total. The summed E-state index contributed by atoms with van der Waals surface area (Å²) in [5.74, 6) is 0.867. The van der Waals surface area contributed by atoms with Crippen molar-refractivity contribution in [2.24, 2.45) is 0 Å². The monoisotopic (exact) mass is 393 g/mol. The van der Waals surface area contributed by atoms with Crippen LogP contribution in [0.5, 0.6) is 0 Å². The smallest absolute Gasteiger partial charge is 0.209 e. The topological polar surface area (TPSA) is 56.1 Å². The Hall–Kier alpha value is -1.15. The van der Waals surface area contributed by atoms with Crippen LogP contribution in [0.15, 0.2) is 29.4 Å². The number of halogens is 1. The van der Waals surface area contributed by atoms with Gasteiger partial charge in [-0.2, -0.15) is 0 Å². The van der Waals surface area contributed by atoms with Crippen LogP contribution in [0.4, 0.5) is 0 Å². The van der Waals surface area contributed by atoms with Gasteiger partial charge < -0.3 is 4.74 Å². The number of nitrogens with zero attached hydrogens (tertiary/aromatic N) is 5. The summed E-state index contributed by atoms with van der Waals surface area (Å²) in [7, 11) is 0. The van der Waals surface area contributed by atoms with E-state index < -0.39 is 0 Å². The fourth-order valence-corrected chi connectivity index (χ4v) is 4.86. The van der Waals surface area contributed by atoms with Crippen molar-refractivity contribution in [3.63, 3.8) is 0 Å². The van der Waals surface area contributed by atoms with Crippen molar-refractivity contribution in [3.05, 3.63) is 34.9 Å². The molecule has 1 saturated carbocycles. The Kier molecular flexibility index (Phi) is 6.09. The van der Waals surface area contributed by atoms with E-state index in [0.29, 0.717) is 6.04 Å². The average molecular weight is 394 g/mol. The zero-order valence-electron chi connectivity index (χ0n) is 14.8. The van der Waals surface area contributed by atoms with Gasteiger partial charge in [0.05, 0.1) is 18.8 Å².